The molecule has 1 aromatic heterocycles. The lowest BCUT2D eigenvalue weighted by Crippen LogP contribution is -2.29. The molecule has 0 spiro atoms. The Morgan fingerprint density at radius 2 is 1.17 bits per heavy atom. The van der Waals surface area contributed by atoms with Crippen LogP contribution in [0.2, 0.25) is 0 Å². The Morgan fingerprint density at radius 1 is 0.704 bits per heavy atom. The first-order chi connectivity index (χ1) is 25.7. The predicted octanol–water partition coefficient (Wildman–Crippen LogP) is 6.41. The van der Waals surface area contributed by atoms with Gasteiger partial charge in [0.05, 0.1) is 43.5 Å². The van der Waals surface area contributed by atoms with E-state index in [2.05, 4.69) is 10.2 Å². The fraction of sp³-hybridized carbons (Fsp3) is 0.308. The number of anilines is 2. The summed E-state index contributed by atoms with van der Waals surface area (Å²) in [6.07, 6.45) is 5.81. The number of carbonyl (C=O) groups is 1. The summed E-state index contributed by atoms with van der Waals surface area (Å²) in [5, 5.41) is 6.92. The summed E-state index contributed by atoms with van der Waals surface area (Å²) in [5.41, 5.74) is 14.3. The summed E-state index contributed by atoms with van der Waals surface area (Å²) >= 11 is 0. The smallest absolute Gasteiger partial charge is 0.314 e. The molecule has 54 heavy (non-hydrogen) atoms. The minimum Gasteiger partial charge on any atom is -0.415 e. The highest BCUT2D eigenvalue weighted by molar-refractivity contribution is 7.92. The molecule has 15 heteroatoms. The zero-order valence-corrected chi connectivity index (χ0v) is 31.5. The molecule has 0 unspecified atom stereocenters. The van der Waals surface area contributed by atoms with Gasteiger partial charge in [0.2, 0.25) is 25.9 Å². The number of carbonyl (C=O) groups excluding carboxylic acids is 1. The van der Waals surface area contributed by atoms with E-state index in [0.717, 1.165) is 49.7 Å². The second kappa shape index (κ2) is 16.2. The van der Waals surface area contributed by atoms with Gasteiger partial charge in [0, 0.05) is 11.1 Å². The number of aryl methyl sites for hydroxylation is 4. The maximum absolute atomic E-state index is 12.6. The van der Waals surface area contributed by atoms with Crippen LogP contribution < -0.4 is 14.3 Å². The van der Waals surface area contributed by atoms with Gasteiger partial charge in [-0.1, -0.05) is 48.5 Å². The van der Waals surface area contributed by atoms with Gasteiger partial charge >= 0.3 is 6.43 Å². The second-order valence-corrected chi connectivity index (χ2v) is 17.2. The van der Waals surface area contributed by atoms with Gasteiger partial charge in [-0.05, 0) is 108 Å². The van der Waals surface area contributed by atoms with Crippen LogP contribution in [0.1, 0.15) is 68.9 Å². The molecule has 4 aromatic carbocycles. The van der Waals surface area contributed by atoms with Crippen LogP contribution in [0.15, 0.2) is 89.3 Å². The summed E-state index contributed by atoms with van der Waals surface area (Å²) in [4.78, 5) is 11.6. The number of Topliss-reactive ketones (excluding diaryl/α,β-unsaturated/α-hetero) is 1. The summed E-state index contributed by atoms with van der Waals surface area (Å²) < 4.78 is 82.4. The number of aromatic nitrogens is 2. The zero-order chi connectivity index (χ0) is 38.6. The first kappa shape index (κ1) is 38.7. The number of benzene rings is 4. The quantitative estimate of drug-likeness (QED) is 0.141. The van der Waals surface area contributed by atoms with E-state index in [4.69, 9.17) is 10.2 Å². The van der Waals surface area contributed by atoms with Crippen molar-refractivity contribution in [2.75, 3.05) is 27.7 Å². The highest BCUT2D eigenvalue weighted by Crippen LogP contribution is 2.31. The number of alkyl halides is 2. The molecule has 1 heterocycles. The van der Waals surface area contributed by atoms with Gasteiger partial charge in [0.15, 0.2) is 5.78 Å². The molecule has 284 valence electrons. The van der Waals surface area contributed by atoms with Gasteiger partial charge in [-0.2, -0.15) is 8.78 Å². The van der Waals surface area contributed by atoms with E-state index in [1.165, 1.54) is 43.4 Å². The summed E-state index contributed by atoms with van der Waals surface area (Å²) in [6.45, 7) is 0.350. The molecule has 2 N–H and O–H groups in total. The van der Waals surface area contributed by atoms with Crippen molar-refractivity contribution >= 4 is 37.2 Å². The van der Waals surface area contributed by atoms with E-state index in [1.54, 1.807) is 48.5 Å². The maximum Gasteiger partial charge on any atom is 0.314 e. The van der Waals surface area contributed by atoms with Crippen molar-refractivity contribution in [2.45, 2.75) is 58.0 Å². The molecule has 7 rings (SSSR count). The summed E-state index contributed by atoms with van der Waals surface area (Å²) in [6, 6.07) is 25.3. The fourth-order valence-corrected chi connectivity index (χ4v) is 8.42. The number of nitrogens with zero attached hydrogens (tertiary/aromatic N) is 4. The van der Waals surface area contributed by atoms with Gasteiger partial charge in [-0.15, -0.1) is 10.2 Å². The first-order valence-corrected chi connectivity index (χ1v) is 21.1. The number of ketones is 1. The number of fused-ring (bicyclic) bond motifs is 2. The van der Waals surface area contributed by atoms with Gasteiger partial charge in [-0.3, -0.25) is 13.4 Å². The first-order valence-electron chi connectivity index (χ1n) is 17.4. The van der Waals surface area contributed by atoms with Gasteiger partial charge < -0.3 is 10.2 Å². The highest BCUT2D eigenvalue weighted by atomic mass is 32.2. The van der Waals surface area contributed by atoms with Crippen LogP contribution in [0.3, 0.4) is 0 Å². The third-order valence-corrected chi connectivity index (χ3v) is 11.8. The lowest BCUT2D eigenvalue weighted by molar-refractivity contribution is 0.100. The normalized spacial score (nSPS) is 13.6. The molecule has 0 amide bonds. The van der Waals surface area contributed by atoms with Gasteiger partial charge in [-0.25, -0.2) is 16.8 Å². The molecule has 5 aromatic rings. The molecule has 0 aliphatic heterocycles. The maximum atomic E-state index is 12.6. The molecule has 2 aliphatic rings. The SMILES string of the molecule is CS(=O)(=O)N(Cc1ccc(-c2nnc(C(F)F)o2)cc1)c1ccc2c(c1)CCC2.CS(=O)(=O)N(Cc1ccc(C(=O)CN)cc1)c1ccc2c(c1)CCC2. The largest absolute Gasteiger partial charge is 0.415 e. The Labute approximate surface area is 313 Å². The predicted molar refractivity (Wildman–Crippen MR) is 204 cm³/mol. The van der Waals surface area contributed by atoms with E-state index >= 15 is 0 Å². The molecular formula is C39H41F2N5O6S2. The van der Waals surface area contributed by atoms with E-state index in [9.17, 15) is 30.4 Å². The Morgan fingerprint density at radius 3 is 1.59 bits per heavy atom. The number of sulfonamides is 2. The average molecular weight is 778 g/mol. The Hall–Kier alpha value is -4.99. The van der Waals surface area contributed by atoms with Crippen molar-refractivity contribution in [1.82, 2.24) is 10.2 Å². The Kier molecular flexibility index (Phi) is 11.6. The van der Waals surface area contributed by atoms with Crippen LogP contribution in [-0.2, 0) is 58.8 Å². The van der Waals surface area contributed by atoms with E-state index in [0.29, 0.717) is 22.5 Å². The van der Waals surface area contributed by atoms with Crippen LogP contribution in [-0.4, -0.2) is 51.9 Å². The lowest BCUT2D eigenvalue weighted by atomic mass is 10.1. The van der Waals surface area contributed by atoms with Crippen LogP contribution in [0.4, 0.5) is 20.2 Å². The van der Waals surface area contributed by atoms with Crippen LogP contribution in [0.5, 0.6) is 0 Å². The van der Waals surface area contributed by atoms with Crippen molar-refractivity contribution in [3.63, 3.8) is 0 Å². The molecular weight excluding hydrogens is 737 g/mol. The number of hydrogen-bond acceptors (Lipinski definition) is 9. The number of nitrogens with two attached hydrogens (primary N) is 1. The number of rotatable bonds is 12. The minimum absolute atomic E-state index is 0.00885. The fourth-order valence-electron chi connectivity index (χ4n) is 6.66. The molecule has 0 saturated carbocycles. The lowest BCUT2D eigenvalue weighted by Gasteiger charge is -2.23. The third-order valence-electron chi connectivity index (χ3n) is 9.48. The molecule has 11 nitrogen and oxygen atoms in total. The van der Waals surface area contributed by atoms with Crippen LogP contribution in [0, 0.1) is 0 Å². The Bertz CT molecular complexity index is 2350. The Balaban J connectivity index is 0.000000186. The second-order valence-electron chi connectivity index (χ2n) is 13.4. The number of halogens is 2. The molecule has 0 fully saturated rings. The summed E-state index contributed by atoms with van der Waals surface area (Å²) in [5.74, 6) is -0.875. The van der Waals surface area contributed by atoms with Crippen molar-refractivity contribution < 1.29 is 34.8 Å². The van der Waals surface area contributed by atoms with Gasteiger partial charge in [0.25, 0.3) is 5.89 Å². The van der Waals surface area contributed by atoms with E-state index in [1.807, 2.05) is 36.4 Å². The average Bonchev–Trinajstić information content (AvgIpc) is 3.93. The monoisotopic (exact) mass is 777 g/mol. The molecule has 0 atom stereocenters. The topological polar surface area (TPSA) is 157 Å². The minimum atomic E-state index is -3.49. The molecule has 0 radical (unpaired) electrons. The van der Waals surface area contributed by atoms with E-state index < -0.39 is 32.4 Å². The summed E-state index contributed by atoms with van der Waals surface area (Å²) in [7, 11) is -6.91. The van der Waals surface area contributed by atoms with Crippen LogP contribution >= 0.6 is 0 Å². The highest BCUT2D eigenvalue weighted by Gasteiger charge is 2.23. The van der Waals surface area contributed by atoms with Crippen molar-refractivity contribution in [2.24, 2.45) is 5.73 Å². The molecule has 0 saturated heterocycles. The van der Waals surface area contributed by atoms with Crippen molar-refractivity contribution in [3.05, 3.63) is 130 Å². The number of hydrogen-bond donors (Lipinski definition) is 1. The van der Waals surface area contributed by atoms with Gasteiger partial charge in [0.1, 0.15) is 0 Å². The standard InChI is InChI=1S/C20H19F2N3O3S.C19H22N2O3S/c1-29(26,27)25(17-10-9-14-3-2-4-16(14)11-17)12-13-5-7-15(8-6-13)19-23-24-20(28-19)18(21)22;1-25(23,24)21(18-10-9-15-3-2-4-17(15)11-18)13-14-5-7-16(8-6-14)19(22)12-20/h5-11,18H,2-4,12H2,1H3;5-11H,2-4,12-13,20H2,1H3. The molecule has 2 aliphatic carbocycles. The van der Waals surface area contributed by atoms with Crippen molar-refractivity contribution in [1.29, 1.82) is 0 Å². The molecule has 0 bridgehead atoms. The van der Waals surface area contributed by atoms with E-state index in [-0.39, 0.29) is 31.3 Å². The zero-order valence-electron chi connectivity index (χ0n) is 29.9. The van der Waals surface area contributed by atoms with Crippen LogP contribution in [0.25, 0.3) is 11.5 Å². The van der Waals surface area contributed by atoms with Crippen molar-refractivity contribution in [3.8, 4) is 11.5 Å². The third kappa shape index (κ3) is 9.20.